The lowest BCUT2D eigenvalue weighted by Crippen LogP contribution is -2.05. The van der Waals surface area contributed by atoms with Crippen LogP contribution in [0.2, 0.25) is 0 Å². The average Bonchev–Trinajstić information content (AvgIpc) is 1.94. The molecule has 0 unspecified atom stereocenters. The number of nitrogens with one attached hydrogen (secondary N) is 1. The zero-order chi connectivity index (χ0) is 7.56. The summed E-state index contributed by atoms with van der Waals surface area (Å²) in [4.78, 5) is 13.0. The molecule has 0 aliphatic heterocycles. The molecule has 1 heterocycles. The van der Waals surface area contributed by atoms with Crippen LogP contribution in [0.25, 0.3) is 0 Å². The normalized spacial score (nSPS) is 9.30. The van der Waals surface area contributed by atoms with Gasteiger partial charge in [-0.3, -0.25) is 4.79 Å². The number of nitrogens with two attached hydrogens (primary N) is 1. The van der Waals surface area contributed by atoms with Gasteiger partial charge in [-0.05, 0) is 0 Å². The number of ether oxygens (including phenoxy) is 1. The second-order valence-electron chi connectivity index (χ2n) is 1.82. The predicted molar refractivity (Wildman–Crippen MR) is 38.0 cm³/mol. The number of pyridine rings is 1. The van der Waals surface area contributed by atoms with Gasteiger partial charge in [0, 0.05) is 12.3 Å². The molecule has 54 valence electrons. The quantitative estimate of drug-likeness (QED) is 0.575. The Morgan fingerprint density at radius 1 is 1.70 bits per heavy atom. The minimum absolute atomic E-state index is 0.217. The standard InChI is InChI=1S/C6H8N2O2/c1-10-5-2-6(9)8-3-4(5)7/h2-3H,7H2,1H3,(H,8,9). The monoisotopic (exact) mass is 140 g/mol. The highest BCUT2D eigenvalue weighted by Gasteiger charge is 1.96. The number of H-pyrrole nitrogens is 1. The van der Waals surface area contributed by atoms with Crippen molar-refractivity contribution in [2.24, 2.45) is 0 Å². The SMILES string of the molecule is COc1cc(=O)[nH]cc1N. The number of nitrogen functional groups attached to an aromatic ring is 1. The van der Waals surface area contributed by atoms with Crippen molar-refractivity contribution in [3.8, 4) is 5.75 Å². The topological polar surface area (TPSA) is 68.1 Å². The number of hydrogen-bond acceptors (Lipinski definition) is 3. The molecule has 1 aromatic heterocycles. The Hall–Kier alpha value is -1.45. The maximum absolute atomic E-state index is 10.6. The van der Waals surface area contributed by atoms with E-state index in [4.69, 9.17) is 10.5 Å². The maximum atomic E-state index is 10.6. The molecule has 1 rings (SSSR count). The summed E-state index contributed by atoms with van der Waals surface area (Å²) in [6.07, 6.45) is 1.40. The van der Waals surface area contributed by atoms with E-state index in [1.807, 2.05) is 0 Å². The zero-order valence-corrected chi connectivity index (χ0v) is 5.55. The van der Waals surface area contributed by atoms with E-state index in [0.29, 0.717) is 11.4 Å². The van der Waals surface area contributed by atoms with Crippen LogP contribution in [0.3, 0.4) is 0 Å². The van der Waals surface area contributed by atoms with Crippen molar-refractivity contribution in [3.05, 3.63) is 22.6 Å². The van der Waals surface area contributed by atoms with Gasteiger partial charge in [-0.2, -0.15) is 0 Å². The molecule has 0 saturated carbocycles. The molecule has 0 saturated heterocycles. The molecular formula is C6H8N2O2. The molecule has 0 amide bonds. The van der Waals surface area contributed by atoms with Crippen LogP contribution < -0.4 is 16.0 Å². The van der Waals surface area contributed by atoms with E-state index in [0.717, 1.165) is 0 Å². The number of aromatic amines is 1. The van der Waals surface area contributed by atoms with Crippen LogP contribution in [0, 0.1) is 0 Å². The molecule has 4 nitrogen and oxygen atoms in total. The van der Waals surface area contributed by atoms with Crippen molar-refractivity contribution in [2.75, 3.05) is 12.8 Å². The van der Waals surface area contributed by atoms with Crippen LogP contribution in [0.1, 0.15) is 0 Å². The summed E-state index contributed by atoms with van der Waals surface area (Å²) < 4.78 is 4.78. The van der Waals surface area contributed by atoms with Crippen molar-refractivity contribution < 1.29 is 4.74 Å². The zero-order valence-electron chi connectivity index (χ0n) is 5.55. The minimum atomic E-state index is -0.217. The third-order valence-electron chi connectivity index (χ3n) is 1.14. The Bertz CT molecular complexity index is 279. The summed E-state index contributed by atoms with van der Waals surface area (Å²) in [6.45, 7) is 0. The Morgan fingerprint density at radius 3 is 2.90 bits per heavy atom. The number of rotatable bonds is 1. The fourth-order valence-corrected chi connectivity index (χ4v) is 0.641. The summed E-state index contributed by atoms with van der Waals surface area (Å²) in [5, 5.41) is 0. The minimum Gasteiger partial charge on any atom is -0.494 e. The summed E-state index contributed by atoms with van der Waals surface area (Å²) in [7, 11) is 1.46. The first-order chi connectivity index (χ1) is 4.74. The molecule has 1 aromatic rings. The third-order valence-corrected chi connectivity index (χ3v) is 1.14. The van der Waals surface area contributed by atoms with Gasteiger partial charge in [0.2, 0.25) is 0 Å². The van der Waals surface area contributed by atoms with E-state index >= 15 is 0 Å². The van der Waals surface area contributed by atoms with Gasteiger partial charge in [-0.15, -0.1) is 0 Å². The smallest absolute Gasteiger partial charge is 0.251 e. The van der Waals surface area contributed by atoms with Crippen molar-refractivity contribution in [3.63, 3.8) is 0 Å². The van der Waals surface area contributed by atoms with Gasteiger partial charge in [0.1, 0.15) is 5.75 Å². The summed E-state index contributed by atoms with van der Waals surface area (Å²) >= 11 is 0. The molecule has 0 atom stereocenters. The van der Waals surface area contributed by atoms with Crippen LogP contribution >= 0.6 is 0 Å². The number of aromatic nitrogens is 1. The van der Waals surface area contributed by atoms with Gasteiger partial charge >= 0.3 is 0 Å². The second-order valence-corrected chi connectivity index (χ2v) is 1.82. The first kappa shape index (κ1) is 6.67. The van der Waals surface area contributed by atoms with E-state index in [-0.39, 0.29) is 5.56 Å². The predicted octanol–water partition coefficient (Wildman–Crippen LogP) is -0.0343. The fourth-order valence-electron chi connectivity index (χ4n) is 0.641. The van der Waals surface area contributed by atoms with Crippen molar-refractivity contribution >= 4 is 5.69 Å². The van der Waals surface area contributed by atoms with Crippen LogP contribution in [-0.2, 0) is 0 Å². The van der Waals surface area contributed by atoms with E-state index in [9.17, 15) is 4.79 Å². The lowest BCUT2D eigenvalue weighted by atomic mass is 10.4. The molecular weight excluding hydrogens is 132 g/mol. The molecule has 4 heteroatoms. The summed E-state index contributed by atoms with van der Waals surface area (Å²) in [5.74, 6) is 0.406. The highest BCUT2D eigenvalue weighted by atomic mass is 16.5. The van der Waals surface area contributed by atoms with Crippen molar-refractivity contribution in [1.82, 2.24) is 4.98 Å². The first-order valence-corrected chi connectivity index (χ1v) is 2.76. The Morgan fingerprint density at radius 2 is 2.40 bits per heavy atom. The van der Waals surface area contributed by atoms with Crippen LogP contribution in [0.15, 0.2) is 17.1 Å². The summed E-state index contributed by atoms with van der Waals surface area (Å²) in [6, 6.07) is 1.30. The number of anilines is 1. The Kier molecular flexibility index (Phi) is 1.62. The van der Waals surface area contributed by atoms with E-state index < -0.39 is 0 Å². The van der Waals surface area contributed by atoms with Gasteiger partial charge < -0.3 is 15.5 Å². The first-order valence-electron chi connectivity index (χ1n) is 2.76. The third kappa shape index (κ3) is 1.10. The lowest BCUT2D eigenvalue weighted by Gasteiger charge is -2.00. The van der Waals surface area contributed by atoms with Crippen molar-refractivity contribution in [1.29, 1.82) is 0 Å². The molecule has 0 aliphatic rings. The van der Waals surface area contributed by atoms with E-state index in [1.165, 1.54) is 19.4 Å². The molecule has 0 fully saturated rings. The highest BCUT2D eigenvalue weighted by Crippen LogP contribution is 2.14. The fraction of sp³-hybridized carbons (Fsp3) is 0.167. The van der Waals surface area contributed by atoms with Crippen molar-refractivity contribution in [2.45, 2.75) is 0 Å². The highest BCUT2D eigenvalue weighted by molar-refractivity contribution is 5.49. The van der Waals surface area contributed by atoms with Gasteiger partial charge in [0.25, 0.3) is 5.56 Å². The van der Waals surface area contributed by atoms with Gasteiger partial charge in [-0.25, -0.2) is 0 Å². The number of hydrogen-bond donors (Lipinski definition) is 2. The number of methoxy groups -OCH3 is 1. The van der Waals surface area contributed by atoms with Gasteiger partial charge in [0.15, 0.2) is 0 Å². The van der Waals surface area contributed by atoms with Gasteiger partial charge in [-0.1, -0.05) is 0 Å². The lowest BCUT2D eigenvalue weighted by molar-refractivity contribution is 0.416. The average molecular weight is 140 g/mol. The largest absolute Gasteiger partial charge is 0.494 e. The van der Waals surface area contributed by atoms with Crippen LogP contribution in [0.5, 0.6) is 5.75 Å². The molecule has 0 bridgehead atoms. The van der Waals surface area contributed by atoms with E-state index in [2.05, 4.69) is 4.98 Å². The maximum Gasteiger partial charge on any atom is 0.251 e. The molecule has 10 heavy (non-hydrogen) atoms. The molecule has 0 spiro atoms. The molecule has 0 aliphatic carbocycles. The Labute approximate surface area is 57.6 Å². The molecule has 0 aromatic carbocycles. The van der Waals surface area contributed by atoms with Crippen LogP contribution in [-0.4, -0.2) is 12.1 Å². The van der Waals surface area contributed by atoms with E-state index in [1.54, 1.807) is 0 Å². The summed E-state index contributed by atoms with van der Waals surface area (Å²) in [5.41, 5.74) is 5.62. The van der Waals surface area contributed by atoms with Gasteiger partial charge in [0.05, 0.1) is 12.8 Å². The molecule has 3 N–H and O–H groups in total. The Balaban J connectivity index is 3.22. The van der Waals surface area contributed by atoms with Crippen LogP contribution in [0.4, 0.5) is 5.69 Å². The second kappa shape index (κ2) is 2.43. The molecule has 0 radical (unpaired) electrons.